The average molecular weight is 357 g/mol. The summed E-state index contributed by atoms with van der Waals surface area (Å²) in [7, 11) is 6.84. The monoisotopic (exact) mass is 357 g/mol. The minimum Gasteiger partial charge on any atom is -0.374 e. The second-order valence-electron chi connectivity index (χ2n) is 6.12. The van der Waals surface area contributed by atoms with Crippen LogP contribution in [-0.4, -0.2) is 64.3 Å². The van der Waals surface area contributed by atoms with E-state index in [4.69, 9.17) is 0 Å². The molecule has 2 heterocycles. The van der Waals surface area contributed by atoms with E-state index in [-0.39, 0.29) is 11.5 Å². The van der Waals surface area contributed by atoms with Crippen LogP contribution in [0.25, 0.3) is 0 Å². The molecule has 5 nitrogen and oxygen atoms in total. The number of hydrogen-bond donors (Lipinski definition) is 0. The summed E-state index contributed by atoms with van der Waals surface area (Å²) in [5, 5.41) is 7.44. The lowest BCUT2D eigenvalue weighted by molar-refractivity contribution is -0.297. The minimum atomic E-state index is -5.54. The zero-order chi connectivity index (χ0) is 18.7. The van der Waals surface area contributed by atoms with Gasteiger partial charge in [-0.05, 0) is 0 Å². The molecule has 136 valence electrons. The highest BCUT2D eigenvalue weighted by molar-refractivity contribution is 5.80. The molecule has 11 heteroatoms. The van der Waals surface area contributed by atoms with Crippen LogP contribution in [0.2, 0.25) is 0 Å². The van der Waals surface area contributed by atoms with Crippen molar-refractivity contribution >= 4 is 17.3 Å². The van der Waals surface area contributed by atoms with E-state index in [0.29, 0.717) is 0 Å². The third-order valence-electron chi connectivity index (χ3n) is 4.01. The van der Waals surface area contributed by atoms with Crippen LogP contribution < -0.4 is 14.7 Å². The van der Waals surface area contributed by atoms with Crippen molar-refractivity contribution < 1.29 is 26.3 Å². The largest absolute Gasteiger partial charge is 0.409 e. The van der Waals surface area contributed by atoms with E-state index in [2.05, 4.69) is 10.2 Å². The maximum Gasteiger partial charge on any atom is 0.409 e. The molecule has 0 spiro atoms. The summed E-state index contributed by atoms with van der Waals surface area (Å²) in [6.45, 7) is -1.29. The molecule has 0 fully saturated rings. The summed E-state index contributed by atoms with van der Waals surface area (Å²) in [5.74, 6) is -0.481. The quantitative estimate of drug-likeness (QED) is 0.760. The SMILES string of the molecule is CN(C)c1nnc2c(c1N(C)C)C(C(F)(F)F)(C(F)(F)F)CN2C. The maximum absolute atomic E-state index is 13.7. The van der Waals surface area contributed by atoms with Gasteiger partial charge in [-0.3, -0.25) is 0 Å². The van der Waals surface area contributed by atoms with Gasteiger partial charge >= 0.3 is 12.4 Å². The predicted octanol–water partition coefficient (Wildman–Crippen LogP) is 2.42. The fourth-order valence-electron chi connectivity index (χ4n) is 2.93. The Morgan fingerprint density at radius 3 is 1.79 bits per heavy atom. The Hall–Kier alpha value is -1.94. The van der Waals surface area contributed by atoms with Crippen molar-refractivity contribution in [3.05, 3.63) is 5.56 Å². The molecule has 0 radical (unpaired) electrons. The van der Waals surface area contributed by atoms with Crippen LogP contribution in [0.5, 0.6) is 0 Å². The number of anilines is 3. The van der Waals surface area contributed by atoms with Gasteiger partial charge in [0.25, 0.3) is 0 Å². The Morgan fingerprint density at radius 2 is 1.42 bits per heavy atom. The van der Waals surface area contributed by atoms with E-state index >= 15 is 0 Å². The summed E-state index contributed by atoms with van der Waals surface area (Å²) in [5.41, 5.74) is -5.18. The Balaban J connectivity index is 2.98. The Labute approximate surface area is 134 Å². The second-order valence-corrected chi connectivity index (χ2v) is 6.12. The van der Waals surface area contributed by atoms with Crippen molar-refractivity contribution in [1.82, 2.24) is 10.2 Å². The van der Waals surface area contributed by atoms with Gasteiger partial charge < -0.3 is 14.7 Å². The van der Waals surface area contributed by atoms with E-state index in [9.17, 15) is 26.3 Å². The topological polar surface area (TPSA) is 35.5 Å². The molecule has 0 atom stereocenters. The van der Waals surface area contributed by atoms with Gasteiger partial charge in [-0.2, -0.15) is 26.3 Å². The lowest BCUT2D eigenvalue weighted by Gasteiger charge is -2.36. The highest BCUT2D eigenvalue weighted by Gasteiger charge is 2.76. The molecule has 0 saturated carbocycles. The number of halogens is 6. The van der Waals surface area contributed by atoms with Crippen molar-refractivity contribution in [3.63, 3.8) is 0 Å². The van der Waals surface area contributed by atoms with E-state index in [1.54, 1.807) is 0 Å². The predicted molar refractivity (Wildman–Crippen MR) is 77.7 cm³/mol. The molecule has 0 aromatic carbocycles. The van der Waals surface area contributed by atoms with Crippen LogP contribution in [0.3, 0.4) is 0 Å². The average Bonchev–Trinajstić information content (AvgIpc) is 2.71. The van der Waals surface area contributed by atoms with E-state index in [0.717, 1.165) is 11.9 Å². The van der Waals surface area contributed by atoms with Crippen LogP contribution in [0, 0.1) is 0 Å². The number of likely N-dealkylation sites (N-methyl/N-ethyl adjacent to an activating group) is 1. The van der Waals surface area contributed by atoms with Crippen LogP contribution in [0.4, 0.5) is 43.7 Å². The number of aromatic nitrogens is 2. The number of alkyl halides is 6. The molecule has 0 saturated heterocycles. The van der Waals surface area contributed by atoms with Crippen LogP contribution in [0.1, 0.15) is 5.56 Å². The van der Waals surface area contributed by atoms with Gasteiger partial charge in [0.15, 0.2) is 11.6 Å². The van der Waals surface area contributed by atoms with Gasteiger partial charge in [0.05, 0.1) is 5.69 Å². The summed E-state index contributed by atoms with van der Waals surface area (Å²) in [4.78, 5) is 3.38. The molecule has 0 N–H and O–H groups in total. The molecule has 1 aromatic heterocycles. The lowest BCUT2D eigenvalue weighted by Crippen LogP contribution is -2.56. The fraction of sp³-hybridized carbons (Fsp3) is 0.692. The Kier molecular flexibility index (Phi) is 4.05. The molecule has 0 amide bonds. The fourth-order valence-corrected chi connectivity index (χ4v) is 2.93. The highest BCUT2D eigenvalue weighted by Crippen LogP contribution is 2.60. The molecule has 0 aliphatic carbocycles. The smallest absolute Gasteiger partial charge is 0.374 e. The number of fused-ring (bicyclic) bond motifs is 1. The standard InChI is InChI=1S/C13H17F6N5/c1-22(2)8-7-9(20-21-10(8)23(3)4)24(5)6-11(7,12(14,15)16)13(17,18)19/h6H2,1-5H3. The summed E-state index contributed by atoms with van der Waals surface area (Å²) in [6.07, 6.45) is -11.1. The van der Waals surface area contributed by atoms with Gasteiger partial charge in [0, 0.05) is 47.3 Å². The third kappa shape index (κ3) is 2.32. The second kappa shape index (κ2) is 5.28. The van der Waals surface area contributed by atoms with Gasteiger partial charge in [-0.1, -0.05) is 0 Å². The highest BCUT2D eigenvalue weighted by atomic mass is 19.4. The van der Waals surface area contributed by atoms with Crippen LogP contribution in [-0.2, 0) is 5.41 Å². The molecule has 1 aromatic rings. The van der Waals surface area contributed by atoms with Crippen molar-refractivity contribution in [2.24, 2.45) is 0 Å². The molecule has 0 unspecified atom stereocenters. The van der Waals surface area contributed by atoms with Crippen molar-refractivity contribution in [2.75, 3.05) is 56.5 Å². The van der Waals surface area contributed by atoms with Crippen molar-refractivity contribution in [2.45, 2.75) is 17.8 Å². The summed E-state index contributed by atoms with van der Waals surface area (Å²) >= 11 is 0. The maximum atomic E-state index is 13.7. The van der Waals surface area contributed by atoms with E-state index in [1.807, 2.05) is 0 Å². The molecule has 0 bridgehead atoms. The number of hydrogen-bond acceptors (Lipinski definition) is 5. The van der Waals surface area contributed by atoms with Crippen LogP contribution in [0.15, 0.2) is 0 Å². The summed E-state index contributed by atoms with van der Waals surface area (Å²) < 4.78 is 82.3. The molecule has 2 rings (SSSR count). The van der Waals surface area contributed by atoms with Crippen molar-refractivity contribution in [3.8, 4) is 0 Å². The normalized spacial score (nSPS) is 17.0. The number of nitrogens with zero attached hydrogens (tertiary/aromatic N) is 5. The Morgan fingerprint density at radius 1 is 0.917 bits per heavy atom. The first-order valence-corrected chi connectivity index (χ1v) is 6.86. The molecule has 1 aliphatic rings. The molecular formula is C13H17F6N5. The first-order valence-electron chi connectivity index (χ1n) is 6.86. The number of rotatable bonds is 2. The first-order chi connectivity index (χ1) is 10.8. The minimum absolute atomic E-state index is 0.0630. The van der Waals surface area contributed by atoms with Crippen LogP contribution >= 0.6 is 0 Å². The van der Waals surface area contributed by atoms with E-state index in [1.165, 1.54) is 38.0 Å². The van der Waals surface area contributed by atoms with Crippen molar-refractivity contribution in [1.29, 1.82) is 0 Å². The van der Waals surface area contributed by atoms with Gasteiger partial charge in [0.2, 0.25) is 5.41 Å². The molecule has 1 aliphatic heterocycles. The van der Waals surface area contributed by atoms with Gasteiger partial charge in [-0.15, -0.1) is 10.2 Å². The van der Waals surface area contributed by atoms with Gasteiger partial charge in [0.1, 0.15) is 0 Å². The Bertz CT molecular complexity index is 623. The zero-order valence-electron chi connectivity index (χ0n) is 13.7. The van der Waals surface area contributed by atoms with Gasteiger partial charge in [-0.25, -0.2) is 0 Å². The molecule has 24 heavy (non-hydrogen) atoms. The molecular weight excluding hydrogens is 340 g/mol. The summed E-state index contributed by atoms with van der Waals surface area (Å²) in [6, 6.07) is 0. The van der Waals surface area contributed by atoms with E-state index < -0.39 is 35.7 Å². The lowest BCUT2D eigenvalue weighted by atomic mass is 9.80. The zero-order valence-corrected chi connectivity index (χ0v) is 13.7. The third-order valence-corrected chi connectivity index (χ3v) is 4.01. The first kappa shape index (κ1) is 18.4.